The Morgan fingerprint density at radius 2 is 1.71 bits per heavy atom. The van der Waals surface area contributed by atoms with Gasteiger partial charge in [-0.25, -0.2) is 4.39 Å². The van der Waals surface area contributed by atoms with Gasteiger partial charge in [0.25, 0.3) is 11.6 Å². The summed E-state index contributed by atoms with van der Waals surface area (Å²) in [4.78, 5) is 34.9. The van der Waals surface area contributed by atoms with Gasteiger partial charge in [-0.3, -0.25) is 19.7 Å². The second-order valence-electron chi connectivity index (χ2n) is 6.34. The number of anilines is 2. The van der Waals surface area contributed by atoms with Crippen molar-refractivity contribution < 1.29 is 18.9 Å². The molecule has 0 aliphatic heterocycles. The Kier molecular flexibility index (Phi) is 6.74. The number of nitrogens with one attached hydrogen (secondary N) is 2. The zero-order valence-corrected chi connectivity index (χ0v) is 16.6. The van der Waals surface area contributed by atoms with Crippen LogP contribution in [0.1, 0.15) is 15.9 Å². The first-order valence-electron chi connectivity index (χ1n) is 8.92. The van der Waals surface area contributed by atoms with Gasteiger partial charge >= 0.3 is 0 Å². The summed E-state index contributed by atoms with van der Waals surface area (Å²) in [5.41, 5.74) is 1.38. The summed E-state index contributed by atoms with van der Waals surface area (Å²) < 4.78 is 13.2. The number of hydrogen-bond acceptors (Lipinski definition) is 4. The van der Waals surface area contributed by atoms with E-state index in [0.717, 1.165) is 6.07 Å². The lowest BCUT2D eigenvalue weighted by atomic mass is 10.1. The molecule has 3 aromatic rings. The van der Waals surface area contributed by atoms with Gasteiger partial charge in [-0.2, -0.15) is 0 Å². The number of carbonyl (C=O) groups excluding carboxylic acids is 2. The molecule has 7 nitrogen and oxygen atoms in total. The van der Waals surface area contributed by atoms with Crippen molar-refractivity contribution in [1.29, 1.82) is 0 Å². The van der Waals surface area contributed by atoms with Crippen LogP contribution < -0.4 is 10.6 Å². The number of hydrogen-bond donors (Lipinski definition) is 2. The lowest BCUT2D eigenvalue weighted by Gasteiger charge is -2.08. The van der Waals surface area contributed by atoms with Crippen LogP contribution in [-0.2, 0) is 4.79 Å². The minimum atomic E-state index is -0.595. The smallest absolute Gasteiger partial charge is 0.270 e. The minimum Gasteiger partial charge on any atom is -0.322 e. The van der Waals surface area contributed by atoms with E-state index in [1.807, 2.05) is 0 Å². The average Bonchev–Trinajstić information content (AvgIpc) is 2.75. The summed E-state index contributed by atoms with van der Waals surface area (Å²) in [5.74, 6) is -1.54. The molecule has 0 bridgehead atoms. The third kappa shape index (κ3) is 5.97. The van der Waals surface area contributed by atoms with Crippen LogP contribution in [0.3, 0.4) is 0 Å². The van der Waals surface area contributed by atoms with Gasteiger partial charge in [-0.1, -0.05) is 29.8 Å². The third-order valence-electron chi connectivity index (χ3n) is 4.08. The number of benzene rings is 3. The maximum atomic E-state index is 13.2. The lowest BCUT2D eigenvalue weighted by molar-refractivity contribution is -0.384. The van der Waals surface area contributed by atoms with Gasteiger partial charge in [0.2, 0.25) is 5.91 Å². The Bertz CT molecular complexity index is 1200. The highest BCUT2D eigenvalue weighted by molar-refractivity contribution is 6.31. The molecule has 31 heavy (non-hydrogen) atoms. The Morgan fingerprint density at radius 1 is 0.968 bits per heavy atom. The van der Waals surface area contributed by atoms with E-state index in [-0.39, 0.29) is 16.3 Å². The van der Waals surface area contributed by atoms with Crippen molar-refractivity contribution in [3.05, 3.63) is 105 Å². The third-order valence-corrected chi connectivity index (χ3v) is 4.37. The van der Waals surface area contributed by atoms with E-state index in [9.17, 15) is 24.1 Å². The highest BCUT2D eigenvalue weighted by atomic mass is 35.5. The van der Waals surface area contributed by atoms with E-state index in [4.69, 9.17) is 11.6 Å². The predicted molar refractivity (Wildman–Crippen MR) is 117 cm³/mol. The molecule has 0 fully saturated rings. The van der Waals surface area contributed by atoms with Crippen molar-refractivity contribution in [1.82, 2.24) is 0 Å². The van der Waals surface area contributed by atoms with Crippen LogP contribution in [0.15, 0.2) is 72.8 Å². The van der Waals surface area contributed by atoms with Crippen molar-refractivity contribution >= 4 is 46.6 Å². The van der Waals surface area contributed by atoms with Gasteiger partial charge in [-0.15, -0.1) is 0 Å². The van der Waals surface area contributed by atoms with Gasteiger partial charge in [-0.05, 0) is 48.0 Å². The molecule has 0 aliphatic carbocycles. The van der Waals surface area contributed by atoms with Crippen molar-refractivity contribution in [2.75, 3.05) is 10.6 Å². The molecule has 156 valence electrons. The maximum absolute atomic E-state index is 13.2. The van der Waals surface area contributed by atoms with Gasteiger partial charge < -0.3 is 10.6 Å². The number of non-ortho nitro benzene ring substituents is 1. The van der Waals surface area contributed by atoms with Crippen LogP contribution >= 0.6 is 11.6 Å². The summed E-state index contributed by atoms with van der Waals surface area (Å²) in [6.45, 7) is 0. The zero-order valence-electron chi connectivity index (χ0n) is 15.8. The number of nitro groups is 1. The van der Waals surface area contributed by atoms with Gasteiger partial charge in [0.1, 0.15) is 5.82 Å². The zero-order chi connectivity index (χ0) is 22.4. The molecule has 0 unspecified atom stereocenters. The molecule has 0 aromatic heterocycles. The second-order valence-corrected chi connectivity index (χ2v) is 6.75. The fraction of sp³-hybridized carbons (Fsp3) is 0. The van der Waals surface area contributed by atoms with E-state index in [1.165, 1.54) is 48.6 Å². The molecule has 0 saturated heterocycles. The summed E-state index contributed by atoms with van der Waals surface area (Å²) in [5, 5.41) is 15.9. The molecule has 0 heterocycles. The normalized spacial score (nSPS) is 10.6. The molecule has 0 aliphatic rings. The predicted octanol–water partition coefficient (Wildman–Crippen LogP) is 5.29. The van der Waals surface area contributed by atoms with Crippen molar-refractivity contribution in [3.8, 4) is 0 Å². The molecule has 9 heteroatoms. The monoisotopic (exact) mass is 439 g/mol. The van der Waals surface area contributed by atoms with Crippen LogP contribution in [0.25, 0.3) is 6.08 Å². The van der Waals surface area contributed by atoms with Crippen LogP contribution in [0, 0.1) is 15.9 Å². The summed E-state index contributed by atoms with van der Waals surface area (Å²) in [6.07, 6.45) is 2.67. The molecular weight excluding hydrogens is 425 g/mol. The molecule has 2 amide bonds. The van der Waals surface area contributed by atoms with Crippen LogP contribution in [0.5, 0.6) is 0 Å². The fourth-order valence-electron chi connectivity index (χ4n) is 2.61. The van der Waals surface area contributed by atoms with Crippen LogP contribution in [-0.4, -0.2) is 16.7 Å². The van der Waals surface area contributed by atoms with Gasteiger partial charge in [0.15, 0.2) is 0 Å². The van der Waals surface area contributed by atoms with E-state index < -0.39 is 22.6 Å². The van der Waals surface area contributed by atoms with E-state index in [1.54, 1.807) is 24.3 Å². The number of nitro benzene ring substituents is 1. The molecule has 3 aromatic carbocycles. The molecular formula is C22H15ClFN3O4. The average molecular weight is 440 g/mol. The minimum absolute atomic E-state index is 0.0799. The first-order chi connectivity index (χ1) is 14.8. The van der Waals surface area contributed by atoms with Crippen LogP contribution in [0.2, 0.25) is 5.02 Å². The van der Waals surface area contributed by atoms with Crippen molar-refractivity contribution in [2.45, 2.75) is 0 Å². The van der Waals surface area contributed by atoms with Crippen molar-refractivity contribution in [3.63, 3.8) is 0 Å². The van der Waals surface area contributed by atoms with Gasteiger partial charge in [0.05, 0.1) is 9.95 Å². The number of rotatable bonds is 6. The van der Waals surface area contributed by atoms with E-state index >= 15 is 0 Å². The maximum Gasteiger partial charge on any atom is 0.270 e. The number of halogens is 2. The van der Waals surface area contributed by atoms with Crippen LogP contribution in [0.4, 0.5) is 21.5 Å². The Morgan fingerprint density at radius 3 is 2.45 bits per heavy atom. The number of nitrogens with zero attached hydrogens (tertiary/aromatic N) is 1. The fourth-order valence-corrected chi connectivity index (χ4v) is 2.79. The second kappa shape index (κ2) is 9.64. The van der Waals surface area contributed by atoms with E-state index in [0.29, 0.717) is 16.9 Å². The standard InChI is InChI=1S/C22H15ClFN3O4/c23-19-13-17(8-9-20(19)24)26-22(29)15-4-2-5-16(12-15)25-21(28)10-7-14-3-1-6-18(11-14)27(30)31/h1-13H,(H,25,28)(H,26,29)/b10-7+. The quantitative estimate of drug-likeness (QED) is 0.309. The molecule has 0 radical (unpaired) electrons. The van der Waals surface area contributed by atoms with E-state index in [2.05, 4.69) is 10.6 Å². The summed E-state index contributed by atoms with van der Waals surface area (Å²) in [6, 6.07) is 15.9. The Labute approximate surface area is 181 Å². The highest BCUT2D eigenvalue weighted by Crippen LogP contribution is 2.20. The molecule has 0 spiro atoms. The summed E-state index contributed by atoms with van der Waals surface area (Å²) in [7, 11) is 0. The molecule has 3 rings (SSSR count). The molecule has 2 N–H and O–H groups in total. The molecule has 0 atom stereocenters. The van der Waals surface area contributed by atoms with Crippen molar-refractivity contribution in [2.24, 2.45) is 0 Å². The Hall–Kier alpha value is -4.04. The molecule has 0 saturated carbocycles. The SMILES string of the molecule is O=C(/C=C/c1cccc([N+](=O)[O-])c1)Nc1cccc(C(=O)Nc2ccc(F)c(Cl)c2)c1. The summed E-state index contributed by atoms with van der Waals surface area (Å²) >= 11 is 5.71. The lowest BCUT2D eigenvalue weighted by Crippen LogP contribution is -2.13. The number of amides is 2. The number of carbonyl (C=O) groups is 2. The highest BCUT2D eigenvalue weighted by Gasteiger charge is 2.10. The first-order valence-corrected chi connectivity index (χ1v) is 9.29. The van der Waals surface area contributed by atoms with Gasteiger partial charge in [0, 0.05) is 35.1 Å². The first kappa shape index (κ1) is 21.7. The largest absolute Gasteiger partial charge is 0.322 e. The Balaban J connectivity index is 1.66. The topological polar surface area (TPSA) is 101 Å².